The van der Waals surface area contributed by atoms with Gasteiger partial charge >= 0.3 is 5.97 Å². The summed E-state index contributed by atoms with van der Waals surface area (Å²) < 4.78 is 1.59. The standard InChI is InChI=1S/C12H7Br2NO3S/c13-9-5-8(10(14)19-9)11(16)15-7-3-1-6(2-4-7)12(17)18/h1-5H,(H,15,16)(H,17,18). The van der Waals surface area contributed by atoms with E-state index in [1.807, 2.05) is 0 Å². The molecule has 19 heavy (non-hydrogen) atoms. The molecule has 7 heteroatoms. The fourth-order valence-electron chi connectivity index (χ4n) is 1.39. The zero-order valence-corrected chi connectivity index (χ0v) is 13.3. The Balaban J connectivity index is 2.15. The van der Waals surface area contributed by atoms with Crippen LogP contribution in [-0.2, 0) is 0 Å². The first kappa shape index (κ1) is 14.2. The topological polar surface area (TPSA) is 66.4 Å². The van der Waals surface area contributed by atoms with Crippen molar-refractivity contribution in [3.63, 3.8) is 0 Å². The minimum absolute atomic E-state index is 0.178. The minimum Gasteiger partial charge on any atom is -0.478 e. The average molecular weight is 405 g/mol. The van der Waals surface area contributed by atoms with Gasteiger partial charge < -0.3 is 10.4 Å². The molecule has 0 aliphatic rings. The van der Waals surface area contributed by atoms with E-state index in [2.05, 4.69) is 37.2 Å². The van der Waals surface area contributed by atoms with Crippen molar-refractivity contribution in [2.45, 2.75) is 0 Å². The summed E-state index contributed by atoms with van der Waals surface area (Å²) in [5.41, 5.74) is 1.25. The average Bonchev–Trinajstić information content (AvgIpc) is 2.69. The van der Waals surface area contributed by atoms with Crippen LogP contribution in [0.25, 0.3) is 0 Å². The lowest BCUT2D eigenvalue weighted by Gasteiger charge is -2.04. The summed E-state index contributed by atoms with van der Waals surface area (Å²) in [7, 11) is 0. The van der Waals surface area contributed by atoms with Crippen LogP contribution in [0.1, 0.15) is 20.7 Å². The van der Waals surface area contributed by atoms with Gasteiger partial charge in [0.05, 0.1) is 18.7 Å². The number of carboxylic acid groups (broad SMARTS) is 1. The van der Waals surface area contributed by atoms with Gasteiger partial charge in [0.25, 0.3) is 5.91 Å². The number of amides is 1. The number of carboxylic acids is 1. The molecule has 1 aromatic carbocycles. The van der Waals surface area contributed by atoms with E-state index in [9.17, 15) is 9.59 Å². The van der Waals surface area contributed by atoms with Crippen molar-refractivity contribution in [1.29, 1.82) is 0 Å². The van der Waals surface area contributed by atoms with Crippen LogP contribution in [0, 0.1) is 0 Å². The van der Waals surface area contributed by atoms with Gasteiger partial charge in [-0.05, 0) is 62.2 Å². The summed E-state index contributed by atoms with van der Waals surface area (Å²) in [6.07, 6.45) is 0. The maximum absolute atomic E-state index is 12.0. The Morgan fingerprint density at radius 1 is 1.16 bits per heavy atom. The molecule has 0 bridgehead atoms. The second-order valence-corrected chi connectivity index (χ2v) is 7.32. The Morgan fingerprint density at radius 2 is 1.79 bits per heavy atom. The normalized spacial score (nSPS) is 10.2. The van der Waals surface area contributed by atoms with Gasteiger partial charge in [0.15, 0.2) is 0 Å². The summed E-state index contributed by atoms with van der Waals surface area (Å²) in [5, 5.41) is 11.5. The lowest BCUT2D eigenvalue weighted by molar-refractivity contribution is 0.0696. The molecule has 1 amide bonds. The molecule has 0 radical (unpaired) electrons. The van der Waals surface area contributed by atoms with E-state index in [4.69, 9.17) is 5.11 Å². The maximum atomic E-state index is 12.0. The van der Waals surface area contributed by atoms with Crippen LogP contribution in [-0.4, -0.2) is 17.0 Å². The lowest BCUT2D eigenvalue weighted by atomic mass is 10.2. The number of rotatable bonds is 3. The molecule has 0 fully saturated rings. The van der Waals surface area contributed by atoms with E-state index in [0.29, 0.717) is 11.3 Å². The summed E-state index contributed by atoms with van der Waals surface area (Å²) in [6.45, 7) is 0. The van der Waals surface area contributed by atoms with E-state index in [-0.39, 0.29) is 11.5 Å². The highest BCUT2D eigenvalue weighted by Crippen LogP contribution is 2.32. The Kier molecular flexibility index (Phi) is 4.38. The molecule has 1 aromatic heterocycles. The van der Waals surface area contributed by atoms with Crippen molar-refractivity contribution in [3.8, 4) is 0 Å². The van der Waals surface area contributed by atoms with E-state index < -0.39 is 5.97 Å². The first-order chi connectivity index (χ1) is 8.97. The van der Waals surface area contributed by atoms with Gasteiger partial charge in [-0.2, -0.15) is 0 Å². The maximum Gasteiger partial charge on any atom is 0.335 e. The quantitative estimate of drug-likeness (QED) is 0.804. The van der Waals surface area contributed by atoms with Gasteiger partial charge in [0.1, 0.15) is 0 Å². The largest absolute Gasteiger partial charge is 0.478 e. The molecule has 0 aliphatic heterocycles. The van der Waals surface area contributed by atoms with Crippen LogP contribution < -0.4 is 5.32 Å². The van der Waals surface area contributed by atoms with E-state index in [1.54, 1.807) is 18.2 Å². The van der Waals surface area contributed by atoms with Crippen LogP contribution >= 0.6 is 43.2 Å². The third kappa shape index (κ3) is 3.43. The highest BCUT2D eigenvalue weighted by molar-refractivity contribution is 9.12. The molecular weight excluding hydrogens is 398 g/mol. The highest BCUT2D eigenvalue weighted by atomic mass is 79.9. The number of anilines is 1. The van der Waals surface area contributed by atoms with Crippen molar-refractivity contribution in [2.75, 3.05) is 5.32 Å². The molecule has 0 spiro atoms. The van der Waals surface area contributed by atoms with Gasteiger partial charge in [-0.3, -0.25) is 4.79 Å². The van der Waals surface area contributed by atoms with Crippen molar-refractivity contribution in [1.82, 2.24) is 0 Å². The zero-order chi connectivity index (χ0) is 14.0. The molecule has 2 rings (SSSR count). The van der Waals surface area contributed by atoms with E-state index in [1.165, 1.54) is 23.5 Å². The molecule has 1 heterocycles. The molecule has 98 valence electrons. The predicted molar refractivity (Wildman–Crippen MR) is 81.1 cm³/mol. The van der Waals surface area contributed by atoms with Gasteiger partial charge in [-0.15, -0.1) is 11.3 Å². The molecule has 0 saturated heterocycles. The van der Waals surface area contributed by atoms with Crippen molar-refractivity contribution in [2.24, 2.45) is 0 Å². The van der Waals surface area contributed by atoms with Crippen molar-refractivity contribution < 1.29 is 14.7 Å². The molecule has 0 unspecified atom stereocenters. The van der Waals surface area contributed by atoms with E-state index in [0.717, 1.165) is 7.57 Å². The fraction of sp³-hybridized carbons (Fsp3) is 0. The second-order valence-electron chi connectivity index (χ2n) is 3.57. The predicted octanol–water partition coefficient (Wildman–Crippen LogP) is 4.22. The van der Waals surface area contributed by atoms with Crippen LogP contribution in [0.3, 0.4) is 0 Å². The SMILES string of the molecule is O=C(O)c1ccc(NC(=O)c2cc(Br)sc2Br)cc1. The van der Waals surface area contributed by atoms with Gasteiger partial charge in [-0.1, -0.05) is 0 Å². The number of thiophene rings is 1. The van der Waals surface area contributed by atoms with Crippen LogP contribution in [0.5, 0.6) is 0 Å². The Hall–Kier alpha value is -1.18. The summed E-state index contributed by atoms with van der Waals surface area (Å²) in [6, 6.07) is 7.70. The number of aromatic carboxylic acids is 1. The van der Waals surface area contributed by atoms with Gasteiger partial charge in [0.2, 0.25) is 0 Å². The summed E-state index contributed by atoms with van der Waals surface area (Å²) in [5.74, 6) is -1.25. The molecule has 0 aliphatic carbocycles. The molecule has 0 saturated carbocycles. The van der Waals surface area contributed by atoms with E-state index >= 15 is 0 Å². The number of hydrogen-bond acceptors (Lipinski definition) is 3. The molecule has 0 atom stereocenters. The Labute approximate surface area is 129 Å². The second kappa shape index (κ2) is 5.85. The third-order valence-corrected chi connectivity index (χ3v) is 4.63. The summed E-state index contributed by atoms with van der Waals surface area (Å²) >= 11 is 8.03. The number of carbonyl (C=O) groups is 2. The fourth-order valence-corrected chi connectivity index (χ4v) is 4.18. The van der Waals surface area contributed by atoms with Crippen molar-refractivity contribution in [3.05, 3.63) is 49.0 Å². The zero-order valence-electron chi connectivity index (χ0n) is 9.31. The molecule has 4 nitrogen and oxygen atoms in total. The Bertz CT molecular complexity index is 637. The first-order valence-electron chi connectivity index (χ1n) is 5.07. The highest BCUT2D eigenvalue weighted by Gasteiger charge is 2.14. The first-order valence-corrected chi connectivity index (χ1v) is 7.47. The molecule has 2 aromatic rings. The van der Waals surface area contributed by atoms with Crippen molar-refractivity contribution >= 4 is 60.8 Å². The molecule has 2 N–H and O–H groups in total. The van der Waals surface area contributed by atoms with Gasteiger partial charge in [-0.25, -0.2) is 4.79 Å². The lowest BCUT2D eigenvalue weighted by Crippen LogP contribution is -2.11. The van der Waals surface area contributed by atoms with Gasteiger partial charge in [0, 0.05) is 5.69 Å². The van der Waals surface area contributed by atoms with Crippen LogP contribution in [0.15, 0.2) is 37.9 Å². The Morgan fingerprint density at radius 3 is 2.26 bits per heavy atom. The number of benzene rings is 1. The van der Waals surface area contributed by atoms with Crippen LogP contribution in [0.4, 0.5) is 5.69 Å². The molecular formula is C12H7Br2NO3S. The number of halogens is 2. The number of carbonyl (C=O) groups excluding carboxylic acids is 1. The van der Waals surface area contributed by atoms with Crippen LogP contribution in [0.2, 0.25) is 0 Å². The monoisotopic (exact) mass is 403 g/mol. The number of nitrogens with one attached hydrogen (secondary N) is 1. The third-order valence-electron chi connectivity index (χ3n) is 2.29. The minimum atomic E-state index is -0.998. The smallest absolute Gasteiger partial charge is 0.335 e. The summed E-state index contributed by atoms with van der Waals surface area (Å²) in [4.78, 5) is 22.7. The number of hydrogen-bond donors (Lipinski definition) is 2.